The predicted octanol–water partition coefficient (Wildman–Crippen LogP) is 2.74. The van der Waals surface area contributed by atoms with Gasteiger partial charge in [-0.3, -0.25) is 0 Å². The van der Waals surface area contributed by atoms with Crippen LogP contribution in [0.5, 0.6) is 0 Å². The topological polar surface area (TPSA) is 91.1 Å². The largest absolute Gasteiger partial charge is 0.410 e. The number of halogens is 3. The van der Waals surface area contributed by atoms with E-state index in [9.17, 15) is 14.7 Å². The Labute approximate surface area is 165 Å². The van der Waals surface area contributed by atoms with Crippen molar-refractivity contribution in [3.05, 3.63) is 52.1 Å². The van der Waals surface area contributed by atoms with Gasteiger partial charge in [0.15, 0.2) is 16.8 Å². The Kier molecular flexibility index (Phi) is 6.07. The number of hydrogen-bond acceptors (Lipinski definition) is 7. The van der Waals surface area contributed by atoms with Crippen molar-refractivity contribution in [2.24, 2.45) is 5.16 Å². The molecule has 0 saturated carbocycles. The van der Waals surface area contributed by atoms with Crippen molar-refractivity contribution in [3.63, 3.8) is 0 Å². The van der Waals surface area contributed by atoms with E-state index in [-0.39, 0.29) is 45.6 Å². The Balaban J connectivity index is 2.13. The molecule has 0 bridgehead atoms. The standard InChI is InChI=1S/C18H19ClF2N4O3/c1-9-6-25(7-10(2)28-9)17-11(8-26)5-12(13(20)14(17)21)15(24-27)16-18(19)23-4-3-22-16/h3-5,9-10,26-27H,6-8H2,1-2H3/t9-,10+. The second-order valence-electron chi connectivity index (χ2n) is 6.52. The van der Waals surface area contributed by atoms with Crippen molar-refractivity contribution in [1.82, 2.24) is 9.97 Å². The molecule has 2 atom stereocenters. The van der Waals surface area contributed by atoms with E-state index in [1.54, 1.807) is 4.90 Å². The monoisotopic (exact) mass is 412 g/mol. The number of benzene rings is 1. The fourth-order valence-corrected chi connectivity index (χ4v) is 3.57. The number of anilines is 1. The van der Waals surface area contributed by atoms with Gasteiger partial charge in [-0.2, -0.15) is 0 Å². The van der Waals surface area contributed by atoms with Gasteiger partial charge in [0.1, 0.15) is 11.4 Å². The van der Waals surface area contributed by atoms with Gasteiger partial charge < -0.3 is 20.0 Å². The minimum absolute atomic E-state index is 0.0479. The summed E-state index contributed by atoms with van der Waals surface area (Å²) in [6.07, 6.45) is 2.20. The number of oxime groups is 1. The van der Waals surface area contributed by atoms with E-state index in [1.165, 1.54) is 18.5 Å². The average molecular weight is 413 g/mol. The summed E-state index contributed by atoms with van der Waals surface area (Å²) in [6, 6.07) is 1.22. The molecule has 1 aliphatic heterocycles. The maximum atomic E-state index is 15.1. The van der Waals surface area contributed by atoms with E-state index < -0.39 is 18.2 Å². The van der Waals surface area contributed by atoms with E-state index in [0.29, 0.717) is 13.1 Å². The molecule has 3 rings (SSSR count). The van der Waals surface area contributed by atoms with Crippen LogP contribution in [0.1, 0.15) is 30.7 Å². The maximum absolute atomic E-state index is 15.1. The summed E-state index contributed by atoms with van der Waals surface area (Å²) in [5.74, 6) is -2.41. The van der Waals surface area contributed by atoms with Crippen LogP contribution in [0.25, 0.3) is 0 Å². The molecule has 28 heavy (non-hydrogen) atoms. The second kappa shape index (κ2) is 8.34. The van der Waals surface area contributed by atoms with Gasteiger partial charge in [0, 0.05) is 36.6 Å². The molecular formula is C18H19ClF2N4O3. The molecule has 0 radical (unpaired) electrons. The predicted molar refractivity (Wildman–Crippen MR) is 99.0 cm³/mol. The third-order valence-corrected chi connectivity index (χ3v) is 4.68. The van der Waals surface area contributed by atoms with E-state index in [4.69, 9.17) is 16.3 Å². The van der Waals surface area contributed by atoms with Gasteiger partial charge >= 0.3 is 0 Å². The van der Waals surface area contributed by atoms with Gasteiger partial charge in [0.05, 0.1) is 24.5 Å². The Morgan fingerprint density at radius 3 is 2.46 bits per heavy atom. The molecule has 0 aliphatic carbocycles. The number of morpholine rings is 1. The van der Waals surface area contributed by atoms with Gasteiger partial charge in [0.25, 0.3) is 0 Å². The lowest BCUT2D eigenvalue weighted by Gasteiger charge is -2.38. The van der Waals surface area contributed by atoms with Crippen LogP contribution >= 0.6 is 11.6 Å². The highest BCUT2D eigenvalue weighted by Crippen LogP contribution is 2.33. The molecule has 7 nitrogen and oxygen atoms in total. The Bertz CT molecular complexity index is 903. The molecule has 0 spiro atoms. The van der Waals surface area contributed by atoms with Crippen molar-refractivity contribution >= 4 is 23.0 Å². The van der Waals surface area contributed by atoms with E-state index in [2.05, 4.69) is 15.1 Å². The smallest absolute Gasteiger partial charge is 0.183 e. The van der Waals surface area contributed by atoms with Gasteiger partial charge in [-0.05, 0) is 19.9 Å². The van der Waals surface area contributed by atoms with Crippen molar-refractivity contribution in [1.29, 1.82) is 0 Å². The van der Waals surface area contributed by atoms with Gasteiger partial charge in [-0.25, -0.2) is 18.7 Å². The van der Waals surface area contributed by atoms with E-state index >= 15 is 4.39 Å². The minimum atomic E-state index is -1.24. The number of aromatic nitrogens is 2. The van der Waals surface area contributed by atoms with Gasteiger partial charge in [0.2, 0.25) is 0 Å². The highest BCUT2D eigenvalue weighted by atomic mass is 35.5. The Morgan fingerprint density at radius 1 is 1.25 bits per heavy atom. The third-order valence-electron chi connectivity index (χ3n) is 4.40. The summed E-state index contributed by atoms with van der Waals surface area (Å²) >= 11 is 5.95. The highest BCUT2D eigenvalue weighted by Gasteiger charge is 2.30. The quantitative estimate of drug-likeness (QED) is 0.456. The molecule has 0 unspecified atom stereocenters. The van der Waals surface area contributed by atoms with Gasteiger partial charge in [-0.15, -0.1) is 0 Å². The molecule has 1 saturated heterocycles. The lowest BCUT2D eigenvalue weighted by Crippen LogP contribution is -2.46. The van der Waals surface area contributed by atoms with Crippen LogP contribution in [0.3, 0.4) is 0 Å². The van der Waals surface area contributed by atoms with Gasteiger partial charge in [-0.1, -0.05) is 16.8 Å². The molecular weight excluding hydrogens is 394 g/mol. The maximum Gasteiger partial charge on any atom is 0.183 e. The zero-order valence-corrected chi connectivity index (χ0v) is 16.0. The van der Waals surface area contributed by atoms with E-state index in [1.807, 2.05) is 13.8 Å². The van der Waals surface area contributed by atoms with Crippen molar-refractivity contribution < 1.29 is 23.8 Å². The zero-order valence-electron chi connectivity index (χ0n) is 15.2. The molecule has 1 aromatic heterocycles. The summed E-state index contributed by atoms with van der Waals surface area (Å²) < 4.78 is 35.7. The molecule has 10 heteroatoms. The first-order valence-corrected chi connectivity index (χ1v) is 8.96. The van der Waals surface area contributed by atoms with Crippen molar-refractivity contribution in [2.45, 2.75) is 32.7 Å². The average Bonchev–Trinajstić information content (AvgIpc) is 2.66. The number of hydrogen-bond donors (Lipinski definition) is 2. The van der Waals surface area contributed by atoms with Crippen molar-refractivity contribution in [2.75, 3.05) is 18.0 Å². The number of nitrogens with zero attached hydrogens (tertiary/aromatic N) is 4. The first-order valence-electron chi connectivity index (χ1n) is 8.58. The van der Waals surface area contributed by atoms with Crippen LogP contribution in [-0.4, -0.2) is 51.3 Å². The number of aliphatic hydroxyl groups excluding tert-OH is 1. The minimum Gasteiger partial charge on any atom is -0.410 e. The summed E-state index contributed by atoms with van der Waals surface area (Å²) in [7, 11) is 0. The molecule has 1 aromatic carbocycles. The van der Waals surface area contributed by atoms with Crippen LogP contribution < -0.4 is 4.90 Å². The SMILES string of the molecule is C[C@@H]1CN(c2c(CO)cc(C(=NO)c3nccnc3Cl)c(F)c2F)C[C@H](C)O1. The summed E-state index contributed by atoms with van der Waals surface area (Å²) in [5.41, 5.74) is -0.802. The fourth-order valence-electron chi connectivity index (χ4n) is 3.37. The molecule has 2 aromatic rings. The lowest BCUT2D eigenvalue weighted by molar-refractivity contribution is -0.00554. The van der Waals surface area contributed by atoms with Crippen LogP contribution in [-0.2, 0) is 11.3 Å². The highest BCUT2D eigenvalue weighted by molar-refractivity contribution is 6.33. The Hall–Kier alpha value is -2.36. The second-order valence-corrected chi connectivity index (χ2v) is 6.88. The summed E-state index contributed by atoms with van der Waals surface area (Å²) in [5, 5.41) is 22.1. The van der Waals surface area contributed by atoms with Crippen LogP contribution in [0.2, 0.25) is 5.15 Å². The van der Waals surface area contributed by atoms with E-state index in [0.717, 1.165) is 0 Å². The molecule has 150 valence electrons. The van der Waals surface area contributed by atoms with Crippen molar-refractivity contribution in [3.8, 4) is 0 Å². The first-order chi connectivity index (χ1) is 13.4. The molecule has 2 N–H and O–H groups in total. The first kappa shape index (κ1) is 20.4. The summed E-state index contributed by atoms with van der Waals surface area (Å²) in [6.45, 7) is 3.79. The van der Waals surface area contributed by atoms with Crippen LogP contribution in [0.15, 0.2) is 23.6 Å². The van der Waals surface area contributed by atoms with Crippen LogP contribution in [0, 0.1) is 11.6 Å². The number of aliphatic hydroxyl groups is 1. The molecule has 1 fully saturated rings. The zero-order chi connectivity index (χ0) is 20.4. The summed E-state index contributed by atoms with van der Waals surface area (Å²) in [4.78, 5) is 9.36. The third kappa shape index (κ3) is 3.78. The lowest BCUT2D eigenvalue weighted by atomic mass is 10.00. The molecule has 2 heterocycles. The Morgan fingerprint density at radius 2 is 1.89 bits per heavy atom. The van der Waals surface area contributed by atoms with Crippen LogP contribution in [0.4, 0.5) is 14.5 Å². The molecule has 0 amide bonds. The number of ether oxygens (including phenoxy) is 1. The fraction of sp³-hybridized carbons (Fsp3) is 0.389. The number of rotatable bonds is 4. The normalized spacial score (nSPS) is 20.5. The molecule has 1 aliphatic rings.